The lowest BCUT2D eigenvalue weighted by Crippen LogP contribution is -2.35. The maximum absolute atomic E-state index is 12.7. The van der Waals surface area contributed by atoms with E-state index in [0.29, 0.717) is 29.1 Å². The van der Waals surface area contributed by atoms with Crippen LogP contribution in [0, 0.1) is 5.92 Å². The van der Waals surface area contributed by atoms with Gasteiger partial charge in [-0.3, -0.25) is 14.2 Å². The molecule has 1 heterocycles. The quantitative estimate of drug-likeness (QED) is 0.792. The summed E-state index contributed by atoms with van der Waals surface area (Å²) in [5, 5.41) is 0.615. The molecule has 140 valence electrons. The normalized spacial score (nSPS) is 16.1. The Morgan fingerprint density at radius 1 is 1.31 bits per heavy atom. The third kappa shape index (κ3) is 3.67. The number of carbonyl (C=O) groups is 1. The van der Waals surface area contributed by atoms with Crippen LogP contribution in [0.1, 0.15) is 63.7 Å². The Bertz CT molecular complexity index is 837. The maximum atomic E-state index is 12.7. The van der Waals surface area contributed by atoms with E-state index >= 15 is 0 Å². The zero-order chi connectivity index (χ0) is 18.7. The molecule has 3 rings (SSSR count). The van der Waals surface area contributed by atoms with Crippen LogP contribution in [0.2, 0.25) is 0 Å². The Hall–Kier alpha value is -2.17. The Kier molecular flexibility index (Phi) is 5.74. The number of aromatic nitrogens is 2. The summed E-state index contributed by atoms with van der Waals surface area (Å²) in [5.74, 6) is 1.51. The molecule has 1 saturated carbocycles. The standard InChI is InChI=1S/C21H29N3O2/c1-4-18(23(2)19(25)14-13-15-9-5-6-10-15)20-22-17-12-8-7-11-16(17)21(26)24(20)3/h7-8,11-12,15,18H,4-6,9-10,13-14H2,1-3H3. The Labute approximate surface area is 155 Å². The number of para-hydroxylation sites is 1. The molecule has 5 nitrogen and oxygen atoms in total. The van der Waals surface area contributed by atoms with E-state index in [1.807, 2.05) is 32.2 Å². The minimum atomic E-state index is -0.187. The van der Waals surface area contributed by atoms with E-state index in [4.69, 9.17) is 4.98 Å². The second-order valence-electron chi connectivity index (χ2n) is 7.47. The van der Waals surface area contributed by atoms with Crippen molar-refractivity contribution in [3.63, 3.8) is 0 Å². The molecule has 0 saturated heterocycles. The van der Waals surface area contributed by atoms with Crippen LogP contribution in [0.3, 0.4) is 0 Å². The number of nitrogens with zero attached hydrogens (tertiary/aromatic N) is 3. The largest absolute Gasteiger partial charge is 0.336 e. The predicted molar refractivity (Wildman–Crippen MR) is 104 cm³/mol. The van der Waals surface area contributed by atoms with Crippen molar-refractivity contribution in [2.45, 2.75) is 57.9 Å². The first-order valence-corrected chi connectivity index (χ1v) is 9.74. The summed E-state index contributed by atoms with van der Waals surface area (Å²) in [7, 11) is 3.59. The molecular weight excluding hydrogens is 326 g/mol. The van der Waals surface area contributed by atoms with Gasteiger partial charge in [-0.15, -0.1) is 0 Å². The van der Waals surface area contributed by atoms with Crippen LogP contribution >= 0.6 is 0 Å². The van der Waals surface area contributed by atoms with Gasteiger partial charge in [0.1, 0.15) is 5.82 Å². The van der Waals surface area contributed by atoms with Gasteiger partial charge >= 0.3 is 0 Å². The second kappa shape index (κ2) is 8.02. The van der Waals surface area contributed by atoms with Gasteiger partial charge in [0.05, 0.1) is 16.9 Å². The average molecular weight is 355 g/mol. The monoisotopic (exact) mass is 355 g/mol. The van der Waals surface area contributed by atoms with Crippen molar-refractivity contribution in [2.75, 3.05) is 7.05 Å². The van der Waals surface area contributed by atoms with Crippen molar-refractivity contribution in [2.24, 2.45) is 13.0 Å². The number of benzene rings is 1. The van der Waals surface area contributed by atoms with Gasteiger partial charge in [-0.1, -0.05) is 44.7 Å². The van der Waals surface area contributed by atoms with Gasteiger partial charge in [0, 0.05) is 20.5 Å². The molecule has 2 aromatic rings. The van der Waals surface area contributed by atoms with Crippen molar-refractivity contribution >= 4 is 16.8 Å². The van der Waals surface area contributed by atoms with Crippen LogP contribution in [-0.2, 0) is 11.8 Å². The highest BCUT2D eigenvalue weighted by atomic mass is 16.2. The van der Waals surface area contributed by atoms with E-state index in [9.17, 15) is 9.59 Å². The number of carbonyl (C=O) groups excluding carboxylic acids is 1. The van der Waals surface area contributed by atoms with E-state index in [-0.39, 0.29) is 17.5 Å². The summed E-state index contributed by atoms with van der Waals surface area (Å²) in [6.07, 6.45) is 7.40. The van der Waals surface area contributed by atoms with Gasteiger partial charge in [-0.2, -0.15) is 0 Å². The summed E-state index contributed by atoms with van der Waals surface area (Å²) in [6.45, 7) is 2.03. The van der Waals surface area contributed by atoms with Crippen LogP contribution in [-0.4, -0.2) is 27.4 Å². The fourth-order valence-electron chi connectivity index (χ4n) is 4.14. The third-order valence-electron chi connectivity index (χ3n) is 5.80. The predicted octanol–water partition coefficient (Wildman–Crippen LogP) is 3.81. The lowest BCUT2D eigenvalue weighted by molar-refractivity contribution is -0.132. The SMILES string of the molecule is CCC(c1nc2ccccc2c(=O)n1C)N(C)C(=O)CCC1CCCC1. The van der Waals surface area contributed by atoms with E-state index in [1.54, 1.807) is 22.6 Å². The van der Waals surface area contributed by atoms with Gasteiger partial charge in [0.2, 0.25) is 5.91 Å². The van der Waals surface area contributed by atoms with Gasteiger partial charge in [0.25, 0.3) is 5.56 Å². The summed E-state index contributed by atoms with van der Waals surface area (Å²) in [5.41, 5.74) is 0.631. The lowest BCUT2D eigenvalue weighted by atomic mass is 10.0. The van der Waals surface area contributed by atoms with E-state index in [1.165, 1.54) is 25.7 Å². The molecule has 1 unspecified atom stereocenters. The summed E-state index contributed by atoms with van der Waals surface area (Å²) < 4.78 is 1.59. The van der Waals surface area contributed by atoms with Crippen LogP contribution in [0.5, 0.6) is 0 Å². The molecular formula is C21H29N3O2. The molecule has 1 aromatic heterocycles. The van der Waals surface area contributed by atoms with Gasteiger partial charge in [0.15, 0.2) is 0 Å². The first-order chi connectivity index (χ1) is 12.5. The zero-order valence-corrected chi connectivity index (χ0v) is 16.1. The van der Waals surface area contributed by atoms with Gasteiger partial charge in [-0.25, -0.2) is 4.98 Å². The molecule has 5 heteroatoms. The number of amides is 1. The van der Waals surface area contributed by atoms with Crippen LogP contribution in [0.25, 0.3) is 10.9 Å². The fraction of sp³-hybridized carbons (Fsp3) is 0.571. The highest BCUT2D eigenvalue weighted by Gasteiger charge is 2.25. The van der Waals surface area contributed by atoms with Crippen molar-refractivity contribution in [3.05, 3.63) is 40.4 Å². The van der Waals surface area contributed by atoms with Crippen LogP contribution in [0.15, 0.2) is 29.1 Å². The number of hydrogen-bond acceptors (Lipinski definition) is 3. The molecule has 0 spiro atoms. The molecule has 1 atom stereocenters. The molecule has 0 N–H and O–H groups in total. The number of fused-ring (bicyclic) bond motifs is 1. The van der Waals surface area contributed by atoms with Crippen molar-refractivity contribution in [1.29, 1.82) is 0 Å². The van der Waals surface area contributed by atoms with Gasteiger partial charge < -0.3 is 4.90 Å². The Morgan fingerprint density at radius 2 is 2.00 bits per heavy atom. The van der Waals surface area contributed by atoms with Crippen molar-refractivity contribution in [1.82, 2.24) is 14.5 Å². The molecule has 26 heavy (non-hydrogen) atoms. The molecule has 1 aromatic carbocycles. The van der Waals surface area contributed by atoms with Crippen molar-refractivity contribution < 1.29 is 4.79 Å². The number of hydrogen-bond donors (Lipinski definition) is 0. The average Bonchev–Trinajstić information content (AvgIpc) is 3.17. The highest BCUT2D eigenvalue weighted by molar-refractivity contribution is 5.78. The number of rotatable bonds is 6. The third-order valence-corrected chi connectivity index (χ3v) is 5.80. The molecule has 0 radical (unpaired) electrons. The second-order valence-corrected chi connectivity index (χ2v) is 7.47. The van der Waals surface area contributed by atoms with E-state index < -0.39 is 0 Å². The highest BCUT2D eigenvalue weighted by Crippen LogP contribution is 2.29. The molecule has 0 bridgehead atoms. The maximum Gasteiger partial charge on any atom is 0.261 e. The molecule has 1 aliphatic rings. The first kappa shape index (κ1) is 18.6. The summed E-state index contributed by atoms with van der Waals surface area (Å²) in [6, 6.07) is 7.20. The Balaban J connectivity index is 1.83. The minimum Gasteiger partial charge on any atom is -0.336 e. The zero-order valence-electron chi connectivity index (χ0n) is 16.1. The minimum absolute atomic E-state index is 0.0594. The van der Waals surface area contributed by atoms with E-state index in [2.05, 4.69) is 0 Å². The topological polar surface area (TPSA) is 55.2 Å². The van der Waals surface area contributed by atoms with E-state index in [0.717, 1.165) is 12.8 Å². The first-order valence-electron chi connectivity index (χ1n) is 9.74. The van der Waals surface area contributed by atoms with Crippen molar-refractivity contribution in [3.8, 4) is 0 Å². The summed E-state index contributed by atoms with van der Waals surface area (Å²) >= 11 is 0. The van der Waals surface area contributed by atoms with Crippen LogP contribution < -0.4 is 5.56 Å². The Morgan fingerprint density at radius 3 is 2.69 bits per heavy atom. The van der Waals surface area contributed by atoms with Gasteiger partial charge in [-0.05, 0) is 30.9 Å². The van der Waals surface area contributed by atoms with Crippen LogP contribution in [0.4, 0.5) is 0 Å². The molecule has 1 amide bonds. The molecule has 1 aliphatic carbocycles. The molecule has 0 aliphatic heterocycles. The fourth-order valence-corrected chi connectivity index (χ4v) is 4.14. The lowest BCUT2D eigenvalue weighted by Gasteiger charge is -2.28. The molecule has 1 fully saturated rings. The smallest absolute Gasteiger partial charge is 0.261 e. The summed E-state index contributed by atoms with van der Waals surface area (Å²) in [4.78, 5) is 31.9.